The molecule has 1 heterocycles. The zero-order valence-corrected chi connectivity index (χ0v) is 16.6. The Bertz CT molecular complexity index is 806. The van der Waals surface area contributed by atoms with Crippen LogP contribution in [0.2, 0.25) is 0 Å². The molecule has 5 nitrogen and oxygen atoms in total. The topological polar surface area (TPSA) is 77.8 Å². The van der Waals surface area contributed by atoms with Gasteiger partial charge in [0.25, 0.3) is 0 Å². The molecule has 0 amide bonds. The van der Waals surface area contributed by atoms with Crippen molar-refractivity contribution in [2.45, 2.75) is 39.5 Å². The molecule has 2 N–H and O–H groups in total. The molecule has 0 fully saturated rings. The van der Waals surface area contributed by atoms with E-state index in [9.17, 15) is 24.2 Å². The van der Waals surface area contributed by atoms with Crippen LogP contribution >= 0.6 is 15.9 Å². The molecule has 7 heteroatoms. The molecule has 0 unspecified atom stereocenters. The average Bonchev–Trinajstić information content (AvgIpc) is 2.56. The van der Waals surface area contributed by atoms with Gasteiger partial charge in [-0.15, -0.1) is 0 Å². The molecule has 0 aromatic heterocycles. The van der Waals surface area contributed by atoms with Crippen molar-refractivity contribution in [2.75, 3.05) is 6.54 Å². The van der Waals surface area contributed by atoms with Crippen molar-refractivity contribution in [3.05, 3.63) is 56.6 Å². The first-order chi connectivity index (χ1) is 12.1. The van der Waals surface area contributed by atoms with E-state index in [1.54, 1.807) is 25.7 Å². The Balaban J connectivity index is 3.00. The molecule has 0 bridgehead atoms. The lowest BCUT2D eigenvalue weighted by Crippen LogP contribution is -2.45. The van der Waals surface area contributed by atoms with Crippen molar-refractivity contribution < 1.29 is 24.2 Å². The zero-order chi connectivity index (χ0) is 19.8. The minimum absolute atomic E-state index is 0.00311. The number of halogens is 2. The Morgan fingerprint density at radius 1 is 1.12 bits per heavy atom. The number of hydrogen-bond donors (Lipinski definition) is 2. The molecule has 140 valence electrons. The number of aliphatic carboxylic acids is 2. The second-order valence-electron chi connectivity index (χ2n) is 6.16. The van der Waals surface area contributed by atoms with E-state index in [-0.39, 0.29) is 22.0 Å². The van der Waals surface area contributed by atoms with Gasteiger partial charge in [0.2, 0.25) is 0 Å². The van der Waals surface area contributed by atoms with Gasteiger partial charge in [-0.25, -0.2) is 14.0 Å². The summed E-state index contributed by atoms with van der Waals surface area (Å²) in [4.78, 5) is 26.1. The van der Waals surface area contributed by atoms with Crippen LogP contribution in [0.1, 0.15) is 39.7 Å². The molecule has 1 aliphatic heterocycles. The number of carboxylic acid groups (broad SMARTS) is 2. The maximum absolute atomic E-state index is 13.8. The highest BCUT2D eigenvalue weighted by Crippen LogP contribution is 2.49. The third kappa shape index (κ3) is 2.84. The fraction of sp³-hybridized carbons (Fsp3) is 0.368. The minimum Gasteiger partial charge on any atom is -0.478 e. The normalized spacial score (nSPS) is 16.9. The van der Waals surface area contributed by atoms with Crippen LogP contribution in [0.25, 0.3) is 0 Å². The maximum atomic E-state index is 13.8. The second kappa shape index (κ2) is 7.23. The van der Waals surface area contributed by atoms with E-state index in [4.69, 9.17) is 0 Å². The highest BCUT2D eigenvalue weighted by atomic mass is 79.9. The van der Waals surface area contributed by atoms with Crippen LogP contribution in [0.3, 0.4) is 0 Å². The molecule has 1 aromatic rings. The Morgan fingerprint density at radius 2 is 1.62 bits per heavy atom. The smallest absolute Gasteiger partial charge is 0.334 e. The summed E-state index contributed by atoms with van der Waals surface area (Å²) in [6.07, 6.45) is 0.209. The summed E-state index contributed by atoms with van der Waals surface area (Å²) in [5.74, 6) is -2.87. The molecule has 0 aliphatic carbocycles. The Labute approximate surface area is 159 Å². The van der Waals surface area contributed by atoms with Crippen molar-refractivity contribution in [2.24, 2.45) is 0 Å². The summed E-state index contributed by atoms with van der Waals surface area (Å²) in [5, 5.41) is 19.9. The van der Waals surface area contributed by atoms with Gasteiger partial charge in [0, 0.05) is 17.9 Å². The Hall–Kier alpha value is -2.15. The van der Waals surface area contributed by atoms with Gasteiger partial charge in [-0.2, -0.15) is 0 Å². The fourth-order valence-corrected chi connectivity index (χ4v) is 4.40. The summed E-state index contributed by atoms with van der Waals surface area (Å²) in [6, 6.07) is 4.14. The highest BCUT2D eigenvalue weighted by molar-refractivity contribution is 9.10. The SMILES string of the molecule is CCN1C(C)=C(C(=O)O)C(CC)(c2ccc(F)c(Br)c2)C(C(=O)O)=C1C. The molecule has 0 radical (unpaired) electrons. The van der Waals surface area contributed by atoms with Crippen LogP contribution in [-0.4, -0.2) is 33.6 Å². The van der Waals surface area contributed by atoms with E-state index >= 15 is 0 Å². The van der Waals surface area contributed by atoms with E-state index in [0.717, 1.165) is 0 Å². The first kappa shape index (κ1) is 20.2. The summed E-state index contributed by atoms with van der Waals surface area (Å²) < 4.78 is 13.9. The molecule has 0 saturated heterocycles. The van der Waals surface area contributed by atoms with Crippen LogP contribution in [-0.2, 0) is 15.0 Å². The van der Waals surface area contributed by atoms with Crippen LogP contribution in [0.15, 0.2) is 45.2 Å². The zero-order valence-electron chi connectivity index (χ0n) is 15.1. The number of hydrogen-bond acceptors (Lipinski definition) is 3. The lowest BCUT2D eigenvalue weighted by atomic mass is 9.64. The summed E-state index contributed by atoms with van der Waals surface area (Å²) in [5.41, 5.74) is 0.0344. The molecular formula is C19H21BrFNO4. The van der Waals surface area contributed by atoms with Gasteiger partial charge in [0.15, 0.2) is 0 Å². The third-order valence-corrected chi connectivity index (χ3v) is 5.68. The van der Waals surface area contributed by atoms with E-state index in [2.05, 4.69) is 15.9 Å². The van der Waals surface area contributed by atoms with Crippen LogP contribution in [0.4, 0.5) is 4.39 Å². The summed E-state index contributed by atoms with van der Waals surface area (Å²) in [6.45, 7) is 7.37. The van der Waals surface area contributed by atoms with E-state index in [0.29, 0.717) is 23.5 Å². The van der Waals surface area contributed by atoms with E-state index in [1.807, 2.05) is 6.92 Å². The van der Waals surface area contributed by atoms with Gasteiger partial charge < -0.3 is 15.1 Å². The van der Waals surface area contributed by atoms with Gasteiger partial charge >= 0.3 is 11.9 Å². The van der Waals surface area contributed by atoms with Crippen molar-refractivity contribution >= 4 is 27.9 Å². The molecule has 1 aliphatic rings. The van der Waals surface area contributed by atoms with Crippen LogP contribution < -0.4 is 0 Å². The van der Waals surface area contributed by atoms with Gasteiger partial charge in [0.05, 0.1) is 21.0 Å². The monoisotopic (exact) mass is 425 g/mol. The number of carboxylic acids is 2. The fourth-order valence-electron chi connectivity index (χ4n) is 4.02. The second-order valence-corrected chi connectivity index (χ2v) is 7.02. The average molecular weight is 426 g/mol. The van der Waals surface area contributed by atoms with Gasteiger partial charge in [0.1, 0.15) is 5.82 Å². The molecular weight excluding hydrogens is 405 g/mol. The molecule has 0 saturated carbocycles. The molecule has 2 rings (SSSR count). The molecule has 0 atom stereocenters. The lowest BCUT2D eigenvalue weighted by molar-refractivity contribution is -0.134. The van der Waals surface area contributed by atoms with Crippen molar-refractivity contribution in [3.63, 3.8) is 0 Å². The first-order valence-electron chi connectivity index (χ1n) is 8.25. The molecule has 26 heavy (non-hydrogen) atoms. The number of nitrogens with zero attached hydrogens (tertiary/aromatic N) is 1. The number of carbonyl (C=O) groups is 2. The van der Waals surface area contributed by atoms with Crippen LogP contribution in [0, 0.1) is 5.82 Å². The standard InChI is InChI=1S/C19H21BrFNO4/c1-5-19(12-7-8-14(21)13(20)9-12)15(17(23)24)10(3)22(6-2)11(4)16(19)18(25)26/h7-9H,5-6H2,1-4H3,(H,23,24)(H,25,26). The molecule has 0 spiro atoms. The quantitative estimate of drug-likeness (QED) is 0.735. The van der Waals surface area contributed by atoms with Crippen molar-refractivity contribution in [1.29, 1.82) is 0 Å². The van der Waals surface area contributed by atoms with Gasteiger partial charge in [-0.1, -0.05) is 13.0 Å². The largest absolute Gasteiger partial charge is 0.478 e. The summed E-state index contributed by atoms with van der Waals surface area (Å²) in [7, 11) is 0. The first-order valence-corrected chi connectivity index (χ1v) is 9.05. The number of rotatable bonds is 5. The third-order valence-electron chi connectivity index (χ3n) is 5.07. The highest BCUT2D eigenvalue weighted by Gasteiger charge is 2.50. The maximum Gasteiger partial charge on any atom is 0.334 e. The van der Waals surface area contributed by atoms with Crippen molar-refractivity contribution in [1.82, 2.24) is 4.90 Å². The van der Waals surface area contributed by atoms with Gasteiger partial charge in [-0.3, -0.25) is 0 Å². The van der Waals surface area contributed by atoms with Crippen LogP contribution in [0.5, 0.6) is 0 Å². The number of benzene rings is 1. The Kier molecular flexibility index (Phi) is 5.61. The van der Waals surface area contributed by atoms with E-state index < -0.39 is 23.2 Å². The van der Waals surface area contributed by atoms with Crippen molar-refractivity contribution in [3.8, 4) is 0 Å². The minimum atomic E-state index is -1.38. The summed E-state index contributed by atoms with van der Waals surface area (Å²) >= 11 is 3.12. The predicted molar refractivity (Wildman–Crippen MR) is 99.1 cm³/mol. The predicted octanol–water partition coefficient (Wildman–Crippen LogP) is 4.29. The van der Waals surface area contributed by atoms with Gasteiger partial charge in [-0.05, 0) is 60.8 Å². The lowest BCUT2D eigenvalue weighted by Gasteiger charge is -2.44. The molecule has 1 aromatic carbocycles. The number of allylic oxidation sites excluding steroid dienone is 2. The van der Waals surface area contributed by atoms with E-state index in [1.165, 1.54) is 18.2 Å². The Morgan fingerprint density at radius 3 is 1.96 bits per heavy atom.